The van der Waals surface area contributed by atoms with Gasteiger partial charge in [0.25, 0.3) is 11.8 Å². The van der Waals surface area contributed by atoms with E-state index in [-0.39, 0.29) is 17.4 Å². The van der Waals surface area contributed by atoms with Crippen LogP contribution in [0.1, 0.15) is 72.6 Å². The van der Waals surface area contributed by atoms with Gasteiger partial charge in [-0.25, -0.2) is 0 Å². The second-order valence-corrected chi connectivity index (χ2v) is 7.51. The van der Waals surface area contributed by atoms with Crippen molar-refractivity contribution in [1.29, 1.82) is 0 Å². The summed E-state index contributed by atoms with van der Waals surface area (Å²) in [5.41, 5.74) is 7.94. The first-order valence-electron chi connectivity index (χ1n) is 8.33. The summed E-state index contributed by atoms with van der Waals surface area (Å²) in [5, 5.41) is 7.25. The summed E-state index contributed by atoms with van der Waals surface area (Å²) in [5.74, 6) is -0.706. The fourth-order valence-corrected chi connectivity index (χ4v) is 2.74. The molecule has 0 fully saturated rings. The smallest absolute Gasteiger partial charge is 0.276 e. The predicted molar refractivity (Wildman–Crippen MR) is 99.0 cm³/mol. The van der Waals surface area contributed by atoms with Crippen LogP contribution in [0.4, 0.5) is 5.69 Å². The van der Waals surface area contributed by atoms with Crippen LogP contribution in [-0.4, -0.2) is 21.6 Å². The molecule has 2 amide bonds. The van der Waals surface area contributed by atoms with E-state index in [0.29, 0.717) is 22.5 Å². The highest BCUT2D eigenvalue weighted by Crippen LogP contribution is 2.25. The van der Waals surface area contributed by atoms with E-state index in [9.17, 15) is 9.59 Å². The van der Waals surface area contributed by atoms with Gasteiger partial charge in [0.05, 0.1) is 16.8 Å². The Hall–Kier alpha value is -2.63. The van der Waals surface area contributed by atoms with Crippen molar-refractivity contribution < 1.29 is 9.59 Å². The monoisotopic (exact) mass is 342 g/mol. The number of nitrogens with one attached hydrogen (secondary N) is 1. The standard InChI is InChI=1S/C19H26N4O2/c1-11(2)15-10-14(22-23(15)19(4,5)6)18(25)21-13-9-7-8-12(3)16(13)17(20)24/h7-11H,1-6H3,(H2,20,24)(H,21,25). The van der Waals surface area contributed by atoms with Crippen molar-refractivity contribution in [2.24, 2.45) is 5.73 Å². The Bertz CT molecular complexity index is 813. The Morgan fingerprint density at radius 1 is 1.24 bits per heavy atom. The number of nitrogens with two attached hydrogens (primary N) is 1. The quantitative estimate of drug-likeness (QED) is 0.892. The molecule has 1 aromatic heterocycles. The second-order valence-electron chi connectivity index (χ2n) is 7.51. The second kappa shape index (κ2) is 6.70. The van der Waals surface area contributed by atoms with Crippen LogP contribution >= 0.6 is 0 Å². The van der Waals surface area contributed by atoms with E-state index in [4.69, 9.17) is 5.73 Å². The maximum atomic E-state index is 12.7. The Kier molecular flexibility index (Phi) is 5.02. The van der Waals surface area contributed by atoms with E-state index in [1.807, 2.05) is 25.5 Å². The summed E-state index contributed by atoms with van der Waals surface area (Å²) >= 11 is 0. The highest BCUT2D eigenvalue weighted by molar-refractivity contribution is 6.08. The number of nitrogens with zero attached hydrogens (tertiary/aromatic N) is 2. The van der Waals surface area contributed by atoms with Crippen LogP contribution in [0.15, 0.2) is 24.3 Å². The van der Waals surface area contributed by atoms with Crippen LogP contribution in [0.5, 0.6) is 0 Å². The lowest BCUT2D eigenvalue weighted by Crippen LogP contribution is -2.26. The summed E-state index contributed by atoms with van der Waals surface area (Å²) in [4.78, 5) is 24.4. The maximum absolute atomic E-state index is 12.7. The van der Waals surface area contributed by atoms with E-state index in [1.165, 1.54) is 0 Å². The predicted octanol–water partition coefficient (Wildman–Crippen LogP) is 3.42. The van der Waals surface area contributed by atoms with Gasteiger partial charge in [-0.1, -0.05) is 26.0 Å². The van der Waals surface area contributed by atoms with Gasteiger partial charge >= 0.3 is 0 Å². The Morgan fingerprint density at radius 2 is 1.88 bits per heavy atom. The van der Waals surface area contributed by atoms with Crippen LogP contribution in [-0.2, 0) is 5.54 Å². The van der Waals surface area contributed by atoms with E-state index >= 15 is 0 Å². The largest absolute Gasteiger partial charge is 0.366 e. The number of amides is 2. The minimum Gasteiger partial charge on any atom is -0.366 e. The van der Waals surface area contributed by atoms with Gasteiger partial charge in [0.1, 0.15) is 0 Å². The number of hydrogen-bond donors (Lipinski definition) is 2. The van der Waals surface area contributed by atoms with Gasteiger partial charge in [0.15, 0.2) is 5.69 Å². The molecule has 6 nitrogen and oxygen atoms in total. The molecule has 134 valence electrons. The zero-order valence-corrected chi connectivity index (χ0v) is 15.7. The van der Waals surface area contributed by atoms with Crippen LogP contribution < -0.4 is 11.1 Å². The summed E-state index contributed by atoms with van der Waals surface area (Å²) in [6.07, 6.45) is 0. The topological polar surface area (TPSA) is 90.0 Å². The lowest BCUT2D eigenvalue weighted by molar-refractivity contribution is 0.100. The number of benzene rings is 1. The number of carbonyl (C=O) groups is 2. The molecule has 2 aromatic rings. The molecule has 3 N–H and O–H groups in total. The van der Waals surface area contributed by atoms with Crippen molar-refractivity contribution >= 4 is 17.5 Å². The molecular formula is C19H26N4O2. The number of carbonyl (C=O) groups excluding carboxylic acids is 2. The minimum atomic E-state index is -0.573. The molecule has 0 saturated heterocycles. The fourth-order valence-electron chi connectivity index (χ4n) is 2.74. The van der Waals surface area contributed by atoms with Crippen molar-refractivity contribution in [2.45, 2.75) is 53.0 Å². The van der Waals surface area contributed by atoms with Crippen molar-refractivity contribution in [2.75, 3.05) is 5.32 Å². The van der Waals surface area contributed by atoms with E-state index < -0.39 is 5.91 Å². The average molecular weight is 342 g/mol. The zero-order chi connectivity index (χ0) is 18.9. The molecule has 2 rings (SSSR count). The number of primary amides is 1. The van der Waals surface area contributed by atoms with Crippen molar-refractivity contribution in [3.8, 4) is 0 Å². The number of anilines is 1. The highest BCUT2D eigenvalue weighted by atomic mass is 16.2. The zero-order valence-electron chi connectivity index (χ0n) is 15.7. The molecule has 6 heteroatoms. The molecule has 0 bridgehead atoms. The van der Waals surface area contributed by atoms with Crippen LogP contribution in [0.2, 0.25) is 0 Å². The van der Waals surface area contributed by atoms with Crippen molar-refractivity contribution in [3.63, 3.8) is 0 Å². The molecular weight excluding hydrogens is 316 g/mol. The normalized spacial score (nSPS) is 11.6. The lowest BCUT2D eigenvalue weighted by Gasteiger charge is -2.23. The average Bonchev–Trinajstić information content (AvgIpc) is 2.92. The van der Waals surface area contributed by atoms with Gasteiger partial charge in [-0.2, -0.15) is 5.10 Å². The fraction of sp³-hybridized carbons (Fsp3) is 0.421. The maximum Gasteiger partial charge on any atom is 0.276 e. The van der Waals surface area contributed by atoms with E-state index in [2.05, 4.69) is 24.3 Å². The molecule has 1 aromatic carbocycles. The minimum absolute atomic E-state index is 0.230. The molecule has 25 heavy (non-hydrogen) atoms. The Morgan fingerprint density at radius 3 is 2.36 bits per heavy atom. The van der Waals surface area contributed by atoms with Crippen LogP contribution in [0, 0.1) is 6.92 Å². The third-order valence-electron chi connectivity index (χ3n) is 3.96. The highest BCUT2D eigenvalue weighted by Gasteiger charge is 2.24. The van der Waals surface area contributed by atoms with Gasteiger partial charge < -0.3 is 11.1 Å². The molecule has 0 aliphatic carbocycles. The molecule has 0 unspecified atom stereocenters. The molecule has 0 aliphatic heterocycles. The first kappa shape index (κ1) is 18.7. The van der Waals surface area contributed by atoms with Crippen molar-refractivity contribution in [3.05, 3.63) is 46.8 Å². The molecule has 0 atom stereocenters. The first-order valence-corrected chi connectivity index (χ1v) is 8.33. The molecule has 1 heterocycles. The molecule has 0 saturated carbocycles. The van der Waals surface area contributed by atoms with Gasteiger partial charge in [0, 0.05) is 5.69 Å². The third-order valence-corrected chi connectivity index (χ3v) is 3.96. The number of hydrogen-bond acceptors (Lipinski definition) is 3. The van der Waals surface area contributed by atoms with Gasteiger partial charge in [-0.15, -0.1) is 0 Å². The van der Waals surface area contributed by atoms with Crippen LogP contribution in [0.25, 0.3) is 0 Å². The summed E-state index contributed by atoms with van der Waals surface area (Å²) in [6.45, 7) is 12.0. The SMILES string of the molecule is Cc1cccc(NC(=O)c2cc(C(C)C)n(C(C)(C)C)n2)c1C(N)=O. The third kappa shape index (κ3) is 3.90. The molecule has 0 spiro atoms. The van der Waals surface area contributed by atoms with Gasteiger partial charge in [-0.05, 0) is 51.3 Å². The Balaban J connectivity index is 2.41. The van der Waals surface area contributed by atoms with Gasteiger partial charge in [0.2, 0.25) is 0 Å². The van der Waals surface area contributed by atoms with Gasteiger partial charge in [-0.3, -0.25) is 14.3 Å². The van der Waals surface area contributed by atoms with E-state index in [0.717, 1.165) is 5.69 Å². The molecule has 0 radical (unpaired) electrons. The summed E-state index contributed by atoms with van der Waals surface area (Å²) in [6, 6.07) is 7.01. The lowest BCUT2D eigenvalue weighted by atomic mass is 10.1. The van der Waals surface area contributed by atoms with Crippen LogP contribution in [0.3, 0.4) is 0 Å². The summed E-state index contributed by atoms with van der Waals surface area (Å²) < 4.78 is 1.87. The molecule has 0 aliphatic rings. The first-order chi connectivity index (χ1) is 11.5. The van der Waals surface area contributed by atoms with Crippen molar-refractivity contribution in [1.82, 2.24) is 9.78 Å². The van der Waals surface area contributed by atoms with E-state index in [1.54, 1.807) is 31.2 Å². The number of rotatable bonds is 4. The Labute approximate surface area is 148 Å². The number of aryl methyl sites for hydroxylation is 1. The number of aromatic nitrogens is 2. The summed E-state index contributed by atoms with van der Waals surface area (Å²) in [7, 11) is 0.